The zero-order chi connectivity index (χ0) is 19.6. The minimum Gasteiger partial charge on any atom is -0.395 e. The molecule has 8 nitrogen and oxygen atoms in total. The first-order chi connectivity index (χ1) is 12.8. The Morgan fingerprint density at radius 2 is 1.93 bits per heavy atom. The van der Waals surface area contributed by atoms with Crippen LogP contribution >= 0.6 is 0 Å². The molecule has 0 fully saturated rings. The number of hydrogen-bond acceptors (Lipinski definition) is 7. The monoisotopic (exact) mass is 368 g/mol. The summed E-state index contributed by atoms with van der Waals surface area (Å²) >= 11 is 0. The summed E-state index contributed by atoms with van der Waals surface area (Å²) in [6.45, 7) is 6.16. The van der Waals surface area contributed by atoms with Gasteiger partial charge in [-0.15, -0.1) is 0 Å². The maximum absolute atomic E-state index is 12.9. The maximum Gasteiger partial charge on any atom is 0.262 e. The molecule has 27 heavy (non-hydrogen) atoms. The highest BCUT2D eigenvalue weighted by atomic mass is 16.3. The smallest absolute Gasteiger partial charge is 0.262 e. The molecular formula is C19H24N6O2. The zero-order valence-electron chi connectivity index (χ0n) is 15.9. The van der Waals surface area contributed by atoms with E-state index in [0.29, 0.717) is 22.8 Å². The Hall–Kier alpha value is -3.00. The standard InChI is InChI=1S/C19H24N6O2/c1-19(2,3)24-16-15-12(5-6-25(7-8-26)17(15)27)9-14(23-16)13-10-21-18(20-4)22-11-13/h5-6,9-11,26H,7-8H2,1-4H3,(H,23,24)(H,20,21,22). The van der Waals surface area contributed by atoms with Gasteiger partial charge in [0.15, 0.2) is 0 Å². The highest BCUT2D eigenvalue weighted by Crippen LogP contribution is 2.27. The number of hydrogen-bond donors (Lipinski definition) is 3. The molecule has 3 aromatic rings. The number of aromatic nitrogens is 4. The third kappa shape index (κ3) is 4.06. The van der Waals surface area contributed by atoms with Gasteiger partial charge in [0, 0.05) is 43.3 Å². The van der Waals surface area contributed by atoms with Crippen molar-refractivity contribution in [3.05, 3.63) is 41.1 Å². The van der Waals surface area contributed by atoms with E-state index in [0.717, 1.165) is 10.9 Å². The lowest BCUT2D eigenvalue weighted by Gasteiger charge is -2.23. The second kappa shape index (κ2) is 7.32. The molecule has 0 aliphatic carbocycles. The Balaban J connectivity index is 2.22. The van der Waals surface area contributed by atoms with Crippen LogP contribution in [-0.4, -0.2) is 43.8 Å². The van der Waals surface area contributed by atoms with Gasteiger partial charge < -0.3 is 20.3 Å². The van der Waals surface area contributed by atoms with Crippen LogP contribution in [0, 0.1) is 0 Å². The fraction of sp³-hybridized carbons (Fsp3) is 0.368. The Morgan fingerprint density at radius 3 is 2.52 bits per heavy atom. The first kappa shape index (κ1) is 18.8. The van der Waals surface area contributed by atoms with Crippen molar-refractivity contribution in [2.24, 2.45) is 0 Å². The largest absolute Gasteiger partial charge is 0.395 e. The van der Waals surface area contributed by atoms with Crippen molar-refractivity contribution in [1.82, 2.24) is 19.5 Å². The molecule has 3 N–H and O–H groups in total. The SMILES string of the molecule is CNc1ncc(-c2cc3ccn(CCO)c(=O)c3c(NC(C)(C)C)n2)cn1. The van der Waals surface area contributed by atoms with Crippen LogP contribution in [0.1, 0.15) is 20.8 Å². The molecular weight excluding hydrogens is 344 g/mol. The molecule has 0 aliphatic heterocycles. The molecule has 0 radical (unpaired) electrons. The van der Waals surface area contributed by atoms with Gasteiger partial charge in [-0.3, -0.25) is 4.79 Å². The van der Waals surface area contributed by atoms with Gasteiger partial charge in [-0.05, 0) is 38.3 Å². The third-order valence-electron chi connectivity index (χ3n) is 3.96. The van der Waals surface area contributed by atoms with E-state index in [-0.39, 0.29) is 24.2 Å². The summed E-state index contributed by atoms with van der Waals surface area (Å²) in [5.74, 6) is 1.03. The summed E-state index contributed by atoms with van der Waals surface area (Å²) in [5.41, 5.74) is 0.965. The van der Waals surface area contributed by atoms with Crippen molar-refractivity contribution in [1.29, 1.82) is 0 Å². The van der Waals surface area contributed by atoms with E-state index >= 15 is 0 Å². The number of aliphatic hydroxyl groups excluding tert-OH is 1. The number of pyridine rings is 2. The van der Waals surface area contributed by atoms with E-state index in [1.165, 1.54) is 4.57 Å². The Labute approximate surface area is 157 Å². The summed E-state index contributed by atoms with van der Waals surface area (Å²) in [5, 5.41) is 16.7. The van der Waals surface area contributed by atoms with E-state index in [9.17, 15) is 9.90 Å². The van der Waals surface area contributed by atoms with Gasteiger partial charge in [0.25, 0.3) is 5.56 Å². The topological polar surface area (TPSA) is 105 Å². The highest BCUT2D eigenvalue weighted by Gasteiger charge is 2.18. The summed E-state index contributed by atoms with van der Waals surface area (Å²) in [6.07, 6.45) is 5.08. The Bertz CT molecular complexity index is 1010. The van der Waals surface area contributed by atoms with Crippen LogP contribution in [0.15, 0.2) is 35.5 Å². The van der Waals surface area contributed by atoms with E-state index in [1.54, 1.807) is 25.6 Å². The summed E-state index contributed by atoms with van der Waals surface area (Å²) in [6, 6.07) is 3.71. The summed E-state index contributed by atoms with van der Waals surface area (Å²) in [4.78, 5) is 26.1. The molecule has 142 valence electrons. The molecule has 8 heteroatoms. The predicted octanol–water partition coefficient (Wildman–Crippen LogP) is 2.10. The normalized spacial score (nSPS) is 11.6. The van der Waals surface area contributed by atoms with Crippen LogP contribution in [0.2, 0.25) is 0 Å². The Kier molecular flexibility index (Phi) is 5.09. The van der Waals surface area contributed by atoms with Crippen molar-refractivity contribution < 1.29 is 5.11 Å². The lowest BCUT2D eigenvalue weighted by atomic mass is 10.1. The molecule has 0 saturated carbocycles. The van der Waals surface area contributed by atoms with Crippen LogP contribution in [0.5, 0.6) is 0 Å². The molecule has 0 spiro atoms. The van der Waals surface area contributed by atoms with Crippen molar-refractivity contribution in [3.63, 3.8) is 0 Å². The molecule has 0 aliphatic rings. The van der Waals surface area contributed by atoms with Gasteiger partial charge in [-0.25, -0.2) is 15.0 Å². The fourth-order valence-corrected chi connectivity index (χ4v) is 2.77. The molecule has 0 aromatic carbocycles. The molecule has 0 bridgehead atoms. The average molecular weight is 368 g/mol. The fourth-order valence-electron chi connectivity index (χ4n) is 2.77. The number of fused-ring (bicyclic) bond motifs is 1. The summed E-state index contributed by atoms with van der Waals surface area (Å²) in [7, 11) is 1.76. The van der Waals surface area contributed by atoms with Crippen LogP contribution in [0.3, 0.4) is 0 Å². The van der Waals surface area contributed by atoms with Gasteiger partial charge >= 0.3 is 0 Å². The molecule has 3 heterocycles. The first-order valence-corrected chi connectivity index (χ1v) is 8.76. The predicted molar refractivity (Wildman–Crippen MR) is 107 cm³/mol. The van der Waals surface area contributed by atoms with E-state index in [1.807, 2.05) is 32.9 Å². The number of nitrogens with one attached hydrogen (secondary N) is 2. The molecule has 3 rings (SSSR count). The second-order valence-corrected chi connectivity index (χ2v) is 7.28. The zero-order valence-corrected chi connectivity index (χ0v) is 15.9. The quantitative estimate of drug-likeness (QED) is 0.633. The molecule has 0 unspecified atom stereocenters. The molecule has 0 amide bonds. The number of rotatable bonds is 5. The minimum atomic E-state index is -0.283. The van der Waals surface area contributed by atoms with Crippen molar-refractivity contribution in [2.75, 3.05) is 24.3 Å². The van der Waals surface area contributed by atoms with Gasteiger partial charge in [-0.1, -0.05) is 0 Å². The van der Waals surface area contributed by atoms with Crippen molar-refractivity contribution >= 4 is 22.5 Å². The summed E-state index contributed by atoms with van der Waals surface area (Å²) < 4.78 is 1.49. The maximum atomic E-state index is 12.9. The van der Waals surface area contributed by atoms with Crippen LogP contribution in [0.4, 0.5) is 11.8 Å². The van der Waals surface area contributed by atoms with Crippen molar-refractivity contribution in [3.8, 4) is 11.3 Å². The van der Waals surface area contributed by atoms with Gasteiger partial charge in [-0.2, -0.15) is 0 Å². The van der Waals surface area contributed by atoms with Crippen LogP contribution in [0.25, 0.3) is 22.0 Å². The third-order valence-corrected chi connectivity index (χ3v) is 3.96. The number of aliphatic hydroxyl groups is 1. The number of anilines is 2. The molecule has 0 saturated heterocycles. The van der Waals surface area contributed by atoms with Gasteiger partial charge in [0.2, 0.25) is 5.95 Å². The van der Waals surface area contributed by atoms with E-state index in [4.69, 9.17) is 0 Å². The van der Waals surface area contributed by atoms with E-state index < -0.39 is 0 Å². The Morgan fingerprint density at radius 1 is 1.22 bits per heavy atom. The van der Waals surface area contributed by atoms with Crippen molar-refractivity contribution in [2.45, 2.75) is 32.9 Å². The lowest BCUT2D eigenvalue weighted by Crippen LogP contribution is -2.29. The average Bonchev–Trinajstić information content (AvgIpc) is 2.62. The minimum absolute atomic E-state index is 0.103. The molecule has 0 atom stereocenters. The number of nitrogens with zero attached hydrogens (tertiary/aromatic N) is 4. The first-order valence-electron chi connectivity index (χ1n) is 8.76. The van der Waals surface area contributed by atoms with Crippen LogP contribution in [-0.2, 0) is 6.54 Å². The van der Waals surface area contributed by atoms with E-state index in [2.05, 4.69) is 25.6 Å². The molecule has 3 aromatic heterocycles. The van der Waals surface area contributed by atoms with Gasteiger partial charge in [0.1, 0.15) is 5.82 Å². The highest BCUT2D eigenvalue weighted by molar-refractivity contribution is 5.94. The van der Waals surface area contributed by atoms with Crippen LogP contribution < -0.4 is 16.2 Å². The van der Waals surface area contributed by atoms with Gasteiger partial charge in [0.05, 0.1) is 17.7 Å². The second-order valence-electron chi connectivity index (χ2n) is 7.28. The lowest BCUT2D eigenvalue weighted by molar-refractivity contribution is 0.274.